The van der Waals surface area contributed by atoms with Gasteiger partial charge >= 0.3 is 0 Å². The zero-order chi connectivity index (χ0) is 20.1. The number of thioether (sulfide) groups is 1. The van der Waals surface area contributed by atoms with Gasteiger partial charge in [-0.3, -0.25) is 14.5 Å². The summed E-state index contributed by atoms with van der Waals surface area (Å²) in [6.45, 7) is 2.42. The summed E-state index contributed by atoms with van der Waals surface area (Å²) in [5.74, 6) is 0.756. The quantitative estimate of drug-likeness (QED) is 0.724. The van der Waals surface area contributed by atoms with E-state index in [-0.39, 0.29) is 16.6 Å². The molecule has 1 heterocycles. The van der Waals surface area contributed by atoms with E-state index in [1.165, 1.54) is 6.07 Å². The van der Waals surface area contributed by atoms with Crippen molar-refractivity contribution in [2.24, 2.45) is 4.99 Å². The molecule has 1 aliphatic rings. The van der Waals surface area contributed by atoms with Gasteiger partial charge in [-0.25, -0.2) is 8.42 Å². The van der Waals surface area contributed by atoms with Gasteiger partial charge in [0.25, 0.3) is 10.0 Å². The van der Waals surface area contributed by atoms with Gasteiger partial charge in [0.1, 0.15) is 11.9 Å². The molecule has 0 bridgehead atoms. The first-order valence-electron chi connectivity index (χ1n) is 8.93. The van der Waals surface area contributed by atoms with Gasteiger partial charge in [0.05, 0.1) is 4.90 Å². The maximum atomic E-state index is 12.7. The zero-order valence-corrected chi connectivity index (χ0v) is 17.4. The standard InChI is InChI=1S/C20H23N3O3S2/c1-14-7-9-15(10-8-14)13-21-20(24)17(11-12-27-2)22-19-16-5-3-4-6-18(16)28(25,26)23-19/h3-10,17H,11-13H2,1-2H3,(H,21,24)(H,22,23)/t17-/m1/s1. The van der Waals surface area contributed by atoms with Crippen LogP contribution in [0.3, 0.4) is 0 Å². The number of hydrogen-bond acceptors (Lipinski definition) is 5. The van der Waals surface area contributed by atoms with Crippen LogP contribution in [0.1, 0.15) is 23.1 Å². The van der Waals surface area contributed by atoms with E-state index in [1.54, 1.807) is 30.0 Å². The molecule has 0 aliphatic carbocycles. The van der Waals surface area contributed by atoms with Gasteiger partial charge < -0.3 is 5.32 Å². The van der Waals surface area contributed by atoms with Gasteiger partial charge in [-0.05, 0) is 43.0 Å². The molecule has 0 saturated carbocycles. The number of amidine groups is 1. The molecular formula is C20H23N3O3S2. The molecule has 28 heavy (non-hydrogen) atoms. The number of aryl methyl sites for hydroxylation is 1. The average Bonchev–Trinajstić information content (AvgIpc) is 2.95. The molecule has 0 spiro atoms. The van der Waals surface area contributed by atoms with Gasteiger partial charge in [-0.15, -0.1) is 0 Å². The highest BCUT2D eigenvalue weighted by molar-refractivity contribution is 7.98. The number of sulfonamides is 1. The van der Waals surface area contributed by atoms with Crippen LogP contribution in [0.15, 0.2) is 58.4 Å². The van der Waals surface area contributed by atoms with E-state index < -0.39 is 16.1 Å². The molecule has 1 aliphatic heterocycles. The molecule has 0 saturated heterocycles. The minimum Gasteiger partial charge on any atom is -0.350 e. The second-order valence-electron chi connectivity index (χ2n) is 6.58. The predicted octanol–water partition coefficient (Wildman–Crippen LogP) is 2.47. The third-order valence-corrected chi connectivity index (χ3v) is 6.47. The highest BCUT2D eigenvalue weighted by atomic mass is 32.2. The molecule has 0 radical (unpaired) electrons. The molecule has 1 atom stereocenters. The Morgan fingerprint density at radius 3 is 2.61 bits per heavy atom. The summed E-state index contributed by atoms with van der Waals surface area (Å²) in [4.78, 5) is 17.4. The first-order chi connectivity index (χ1) is 13.4. The van der Waals surface area contributed by atoms with Gasteiger partial charge in [0, 0.05) is 12.1 Å². The fourth-order valence-electron chi connectivity index (χ4n) is 2.88. The lowest BCUT2D eigenvalue weighted by Crippen LogP contribution is -2.35. The molecule has 0 fully saturated rings. The number of benzene rings is 2. The number of carbonyl (C=O) groups excluding carboxylic acids is 1. The van der Waals surface area contributed by atoms with E-state index in [9.17, 15) is 13.2 Å². The van der Waals surface area contributed by atoms with E-state index in [4.69, 9.17) is 0 Å². The number of carbonyl (C=O) groups is 1. The Bertz CT molecular complexity index is 986. The van der Waals surface area contributed by atoms with E-state index >= 15 is 0 Å². The lowest BCUT2D eigenvalue weighted by molar-refractivity contribution is -0.122. The molecule has 2 aromatic rings. The number of rotatable bonds is 7. The van der Waals surface area contributed by atoms with Crippen LogP contribution < -0.4 is 10.0 Å². The topological polar surface area (TPSA) is 87.6 Å². The summed E-state index contributed by atoms with van der Waals surface area (Å²) in [5.41, 5.74) is 2.66. The van der Waals surface area contributed by atoms with Crippen LogP contribution in [0.4, 0.5) is 0 Å². The molecule has 3 rings (SSSR count). The van der Waals surface area contributed by atoms with Crippen LogP contribution in [0.2, 0.25) is 0 Å². The summed E-state index contributed by atoms with van der Waals surface area (Å²) < 4.78 is 27.0. The fourth-order valence-corrected chi connectivity index (χ4v) is 4.58. The summed E-state index contributed by atoms with van der Waals surface area (Å²) in [6.07, 6.45) is 2.48. The summed E-state index contributed by atoms with van der Waals surface area (Å²) in [7, 11) is -3.62. The van der Waals surface area contributed by atoms with Crippen LogP contribution in [0.25, 0.3) is 0 Å². The molecule has 0 unspecified atom stereocenters. The van der Waals surface area contributed by atoms with E-state index in [1.807, 2.05) is 37.4 Å². The Hall–Kier alpha value is -2.32. The lowest BCUT2D eigenvalue weighted by atomic mass is 10.1. The summed E-state index contributed by atoms with van der Waals surface area (Å²) in [5, 5.41) is 2.91. The van der Waals surface area contributed by atoms with Gasteiger partial charge in [0.2, 0.25) is 5.91 Å². The fraction of sp³-hybridized carbons (Fsp3) is 0.300. The summed E-state index contributed by atoms with van der Waals surface area (Å²) >= 11 is 1.62. The molecule has 2 aromatic carbocycles. The van der Waals surface area contributed by atoms with E-state index in [0.29, 0.717) is 18.5 Å². The number of aliphatic imine (C=N–C) groups is 1. The number of amides is 1. The van der Waals surface area contributed by atoms with Crippen molar-refractivity contribution in [3.63, 3.8) is 0 Å². The van der Waals surface area contributed by atoms with Crippen molar-refractivity contribution < 1.29 is 13.2 Å². The minimum absolute atomic E-state index is 0.192. The Labute approximate surface area is 169 Å². The zero-order valence-electron chi connectivity index (χ0n) is 15.8. The van der Waals surface area contributed by atoms with E-state index in [2.05, 4.69) is 15.0 Å². The van der Waals surface area contributed by atoms with Crippen molar-refractivity contribution in [1.29, 1.82) is 0 Å². The smallest absolute Gasteiger partial charge is 0.263 e. The van der Waals surface area contributed by atoms with Crippen LogP contribution in [-0.2, 0) is 21.4 Å². The number of fused-ring (bicyclic) bond motifs is 1. The third-order valence-electron chi connectivity index (χ3n) is 4.43. The maximum absolute atomic E-state index is 12.7. The van der Waals surface area contributed by atoms with Crippen molar-refractivity contribution in [3.8, 4) is 0 Å². The normalized spacial score (nSPS) is 17.0. The Kier molecular flexibility index (Phi) is 6.41. The van der Waals surface area contributed by atoms with Crippen molar-refractivity contribution in [2.75, 3.05) is 12.0 Å². The summed E-state index contributed by atoms with van der Waals surface area (Å²) in [6, 6.07) is 13.9. The first-order valence-corrected chi connectivity index (χ1v) is 11.8. The largest absolute Gasteiger partial charge is 0.350 e. The van der Waals surface area contributed by atoms with Gasteiger partial charge in [-0.2, -0.15) is 11.8 Å². The van der Waals surface area contributed by atoms with Gasteiger partial charge in [0.15, 0.2) is 0 Å². The van der Waals surface area contributed by atoms with E-state index in [0.717, 1.165) is 16.9 Å². The average molecular weight is 418 g/mol. The predicted molar refractivity (Wildman–Crippen MR) is 113 cm³/mol. The highest BCUT2D eigenvalue weighted by Crippen LogP contribution is 2.23. The highest BCUT2D eigenvalue weighted by Gasteiger charge is 2.31. The molecule has 8 heteroatoms. The number of hydrogen-bond donors (Lipinski definition) is 2. The minimum atomic E-state index is -3.62. The molecule has 1 amide bonds. The molecule has 2 N–H and O–H groups in total. The monoisotopic (exact) mass is 417 g/mol. The maximum Gasteiger partial charge on any atom is 0.263 e. The van der Waals surface area contributed by atoms with Gasteiger partial charge in [-0.1, -0.05) is 42.0 Å². The second-order valence-corrected chi connectivity index (χ2v) is 9.22. The molecule has 0 aromatic heterocycles. The second kappa shape index (κ2) is 8.79. The van der Waals surface area contributed by atoms with Crippen LogP contribution >= 0.6 is 11.8 Å². The van der Waals surface area contributed by atoms with Crippen LogP contribution in [0.5, 0.6) is 0 Å². The first kappa shape index (κ1) is 20.4. The number of nitrogens with zero attached hydrogens (tertiary/aromatic N) is 1. The van der Waals surface area contributed by atoms with Crippen LogP contribution in [0, 0.1) is 6.92 Å². The van der Waals surface area contributed by atoms with Crippen molar-refractivity contribution >= 4 is 33.5 Å². The molecule has 148 valence electrons. The lowest BCUT2D eigenvalue weighted by Gasteiger charge is -2.14. The van der Waals surface area contributed by atoms with Crippen molar-refractivity contribution in [3.05, 3.63) is 65.2 Å². The molecular weight excluding hydrogens is 394 g/mol. The Morgan fingerprint density at radius 1 is 1.18 bits per heavy atom. The SMILES string of the molecule is CSCC[C@@H](N=C1NS(=O)(=O)c2ccccc21)C(=O)NCc1ccc(C)cc1. The van der Waals surface area contributed by atoms with Crippen LogP contribution in [-0.4, -0.2) is 38.2 Å². The number of nitrogens with one attached hydrogen (secondary N) is 2. The van der Waals surface area contributed by atoms with Crippen molar-refractivity contribution in [2.45, 2.75) is 30.8 Å². The van der Waals surface area contributed by atoms with Crippen molar-refractivity contribution in [1.82, 2.24) is 10.0 Å². The third kappa shape index (κ3) is 4.74. The Balaban J connectivity index is 1.79. The molecule has 6 nitrogen and oxygen atoms in total. The Morgan fingerprint density at radius 2 is 1.89 bits per heavy atom.